The number of aromatic nitrogens is 1. The van der Waals surface area contributed by atoms with Gasteiger partial charge in [-0.2, -0.15) is 13.2 Å². The predicted octanol–water partition coefficient (Wildman–Crippen LogP) is 3.15. The largest absolute Gasteiger partial charge is 0.450 e. The highest BCUT2D eigenvalue weighted by Crippen LogP contribution is 2.32. The molecule has 28 heavy (non-hydrogen) atoms. The van der Waals surface area contributed by atoms with Crippen molar-refractivity contribution in [2.45, 2.75) is 25.9 Å². The van der Waals surface area contributed by atoms with Crippen molar-refractivity contribution in [3.8, 4) is 0 Å². The van der Waals surface area contributed by atoms with Crippen LogP contribution in [0, 0.1) is 5.92 Å². The van der Waals surface area contributed by atoms with E-state index in [-0.39, 0.29) is 41.8 Å². The number of carbonyl (C=O) groups is 2. The molecule has 156 valence electrons. The Morgan fingerprint density at radius 2 is 2.00 bits per heavy atom. The van der Waals surface area contributed by atoms with Crippen molar-refractivity contribution in [3.05, 3.63) is 22.8 Å². The lowest BCUT2D eigenvalue weighted by molar-refractivity contribution is -0.137. The summed E-state index contributed by atoms with van der Waals surface area (Å²) in [6.07, 6.45) is -3.09. The van der Waals surface area contributed by atoms with Gasteiger partial charge in [-0.1, -0.05) is 11.6 Å². The molecule has 2 rings (SSSR count). The fraction of sp³-hybridized carbons (Fsp3) is 0.588. The first-order valence-electron chi connectivity index (χ1n) is 8.88. The van der Waals surface area contributed by atoms with E-state index in [0.29, 0.717) is 38.7 Å². The summed E-state index contributed by atoms with van der Waals surface area (Å²) < 4.78 is 42.7. The number of piperidine rings is 1. The maximum Gasteiger partial charge on any atom is 0.417 e. The summed E-state index contributed by atoms with van der Waals surface area (Å²) >= 11 is 5.81. The predicted molar refractivity (Wildman–Crippen MR) is 97.1 cm³/mol. The van der Waals surface area contributed by atoms with Gasteiger partial charge >= 0.3 is 12.3 Å². The molecule has 0 aromatic carbocycles. The lowest BCUT2D eigenvalue weighted by Gasteiger charge is -2.30. The number of anilines is 1. The van der Waals surface area contributed by atoms with Crippen LogP contribution in [0.5, 0.6) is 0 Å². The second kappa shape index (κ2) is 9.81. The Bertz CT molecular complexity index is 695. The zero-order chi connectivity index (χ0) is 20.7. The summed E-state index contributed by atoms with van der Waals surface area (Å²) in [4.78, 5) is 29.1. The average Bonchev–Trinajstić information content (AvgIpc) is 2.65. The number of ether oxygens (including phenoxy) is 1. The molecule has 1 fully saturated rings. The maximum absolute atomic E-state index is 12.6. The third-order valence-corrected chi connectivity index (χ3v) is 4.57. The van der Waals surface area contributed by atoms with Crippen molar-refractivity contribution in [3.63, 3.8) is 0 Å². The number of hydrogen-bond acceptors (Lipinski definition) is 5. The Morgan fingerprint density at radius 1 is 1.32 bits per heavy atom. The highest BCUT2D eigenvalue weighted by molar-refractivity contribution is 6.32. The minimum Gasteiger partial charge on any atom is -0.450 e. The molecule has 11 heteroatoms. The van der Waals surface area contributed by atoms with E-state index >= 15 is 0 Å². The first-order valence-corrected chi connectivity index (χ1v) is 9.26. The van der Waals surface area contributed by atoms with E-state index in [1.54, 1.807) is 11.8 Å². The summed E-state index contributed by atoms with van der Waals surface area (Å²) in [5.74, 6) is -0.207. The Hall–Kier alpha value is -2.23. The van der Waals surface area contributed by atoms with Crippen LogP contribution < -0.4 is 10.6 Å². The molecular weight excluding hydrogens is 401 g/mol. The number of alkyl halides is 3. The Kier molecular flexibility index (Phi) is 7.73. The summed E-state index contributed by atoms with van der Waals surface area (Å²) in [5.41, 5.74) is -0.925. The fourth-order valence-electron chi connectivity index (χ4n) is 2.77. The molecule has 0 unspecified atom stereocenters. The number of amides is 2. The summed E-state index contributed by atoms with van der Waals surface area (Å²) in [7, 11) is 0. The van der Waals surface area contributed by atoms with Gasteiger partial charge in [-0.05, 0) is 25.8 Å². The maximum atomic E-state index is 12.6. The topological polar surface area (TPSA) is 83.6 Å². The van der Waals surface area contributed by atoms with Crippen LogP contribution in [-0.4, -0.2) is 54.7 Å². The van der Waals surface area contributed by atoms with Crippen LogP contribution in [0.1, 0.15) is 25.3 Å². The van der Waals surface area contributed by atoms with Crippen molar-refractivity contribution in [1.82, 2.24) is 15.2 Å². The molecule has 0 bridgehead atoms. The molecule has 0 radical (unpaired) electrons. The van der Waals surface area contributed by atoms with Crippen molar-refractivity contribution in [1.29, 1.82) is 0 Å². The van der Waals surface area contributed by atoms with Gasteiger partial charge in [0.1, 0.15) is 5.82 Å². The number of nitrogens with zero attached hydrogens (tertiary/aromatic N) is 2. The van der Waals surface area contributed by atoms with Crippen LogP contribution in [0.3, 0.4) is 0 Å². The molecular formula is C17H22ClF3N4O3. The molecule has 2 N–H and O–H groups in total. The zero-order valence-corrected chi connectivity index (χ0v) is 16.1. The van der Waals surface area contributed by atoms with Gasteiger partial charge in [0.2, 0.25) is 5.91 Å². The third-order valence-electron chi connectivity index (χ3n) is 4.28. The smallest absolute Gasteiger partial charge is 0.417 e. The van der Waals surface area contributed by atoms with Crippen LogP contribution in [0.4, 0.5) is 23.8 Å². The molecule has 1 aromatic rings. The SMILES string of the molecule is CCOC(=O)N1CCC(C(=O)NCCNc2ncc(C(F)(F)F)cc2Cl)CC1. The Morgan fingerprint density at radius 3 is 2.57 bits per heavy atom. The van der Waals surface area contributed by atoms with Crippen LogP contribution in [-0.2, 0) is 15.7 Å². The molecule has 2 heterocycles. The van der Waals surface area contributed by atoms with Gasteiger partial charge in [-0.3, -0.25) is 4.79 Å². The van der Waals surface area contributed by atoms with Crippen molar-refractivity contribution < 1.29 is 27.5 Å². The molecule has 2 amide bonds. The third kappa shape index (κ3) is 6.15. The standard InChI is InChI=1S/C17H22ClF3N4O3/c1-2-28-16(27)25-7-3-11(4-8-25)15(26)23-6-5-22-14-13(18)9-12(10-24-14)17(19,20)21/h9-11H,2-8H2,1H3,(H,22,24)(H,23,26). The lowest BCUT2D eigenvalue weighted by atomic mass is 9.96. The number of halogens is 4. The molecule has 1 aromatic heterocycles. The minimum atomic E-state index is -4.51. The highest BCUT2D eigenvalue weighted by Gasteiger charge is 2.31. The molecule has 0 atom stereocenters. The van der Waals surface area contributed by atoms with E-state index in [4.69, 9.17) is 16.3 Å². The Balaban J connectivity index is 1.71. The number of nitrogens with one attached hydrogen (secondary N) is 2. The average molecular weight is 423 g/mol. The van der Waals surface area contributed by atoms with Gasteiger partial charge in [-0.25, -0.2) is 9.78 Å². The summed E-state index contributed by atoms with van der Waals surface area (Å²) in [5, 5.41) is 5.41. The van der Waals surface area contributed by atoms with Gasteiger partial charge in [0.15, 0.2) is 0 Å². The molecule has 0 aliphatic carbocycles. The van der Waals surface area contributed by atoms with Crippen LogP contribution in [0.2, 0.25) is 5.02 Å². The van der Waals surface area contributed by atoms with E-state index < -0.39 is 11.7 Å². The van der Waals surface area contributed by atoms with E-state index in [0.717, 1.165) is 6.07 Å². The molecule has 0 saturated carbocycles. The van der Waals surface area contributed by atoms with E-state index in [1.165, 1.54) is 0 Å². The minimum absolute atomic E-state index is 0.117. The molecule has 0 spiro atoms. The number of carbonyl (C=O) groups excluding carboxylic acids is 2. The molecule has 1 saturated heterocycles. The summed E-state index contributed by atoms with van der Waals surface area (Å²) in [6, 6.07) is 0.798. The highest BCUT2D eigenvalue weighted by atomic mass is 35.5. The first kappa shape index (κ1) is 22.1. The van der Waals surface area contributed by atoms with Crippen molar-refractivity contribution in [2.75, 3.05) is 38.1 Å². The second-order valence-corrected chi connectivity index (χ2v) is 6.64. The van der Waals surface area contributed by atoms with Crippen LogP contribution >= 0.6 is 11.6 Å². The van der Waals surface area contributed by atoms with Crippen molar-refractivity contribution >= 4 is 29.4 Å². The van der Waals surface area contributed by atoms with Gasteiger partial charge in [0.25, 0.3) is 0 Å². The van der Waals surface area contributed by atoms with Gasteiger partial charge in [0.05, 0.1) is 17.2 Å². The lowest BCUT2D eigenvalue weighted by Crippen LogP contribution is -2.43. The summed E-state index contributed by atoms with van der Waals surface area (Å²) in [6.45, 7) is 3.48. The molecule has 7 nitrogen and oxygen atoms in total. The number of likely N-dealkylation sites (tertiary alicyclic amines) is 1. The second-order valence-electron chi connectivity index (χ2n) is 6.23. The number of rotatable bonds is 6. The van der Waals surface area contributed by atoms with Gasteiger partial charge in [0, 0.05) is 38.3 Å². The van der Waals surface area contributed by atoms with Crippen LogP contribution in [0.25, 0.3) is 0 Å². The van der Waals surface area contributed by atoms with Crippen LogP contribution in [0.15, 0.2) is 12.3 Å². The normalized spacial score (nSPS) is 15.2. The van der Waals surface area contributed by atoms with E-state index in [9.17, 15) is 22.8 Å². The molecule has 1 aliphatic heterocycles. The monoisotopic (exact) mass is 422 g/mol. The quantitative estimate of drug-likeness (QED) is 0.688. The van der Waals surface area contributed by atoms with E-state index in [2.05, 4.69) is 15.6 Å². The first-order chi connectivity index (χ1) is 13.2. The van der Waals surface area contributed by atoms with Gasteiger partial charge < -0.3 is 20.3 Å². The van der Waals surface area contributed by atoms with Crippen molar-refractivity contribution in [2.24, 2.45) is 5.92 Å². The number of hydrogen-bond donors (Lipinski definition) is 2. The van der Waals surface area contributed by atoms with E-state index in [1.807, 2.05) is 0 Å². The molecule has 1 aliphatic rings. The fourth-order valence-corrected chi connectivity index (χ4v) is 3.01. The number of pyridine rings is 1. The van der Waals surface area contributed by atoms with Gasteiger partial charge in [-0.15, -0.1) is 0 Å². The zero-order valence-electron chi connectivity index (χ0n) is 15.3. The Labute approximate surface area is 165 Å².